The lowest BCUT2D eigenvalue weighted by Crippen LogP contribution is -2.13. The summed E-state index contributed by atoms with van der Waals surface area (Å²) in [6.45, 7) is 1.23. The molecule has 8 nitrogen and oxygen atoms in total. The molecule has 3 rings (SSSR count). The Bertz CT molecular complexity index is 1210. The third kappa shape index (κ3) is 5.51. The van der Waals surface area contributed by atoms with Crippen LogP contribution in [0, 0.1) is 10.1 Å². The number of hydrogen-bond donors (Lipinski definition) is 0. The molecule has 0 aromatic heterocycles. The molecular formula is C24H17NO7. The van der Waals surface area contributed by atoms with Crippen LogP contribution in [0.25, 0.3) is 6.08 Å². The van der Waals surface area contributed by atoms with Crippen LogP contribution in [-0.4, -0.2) is 22.6 Å². The number of ether oxygens (including phenoxy) is 2. The van der Waals surface area contributed by atoms with Crippen LogP contribution in [0.3, 0.4) is 0 Å². The molecule has 0 N–H and O–H groups in total. The van der Waals surface area contributed by atoms with Crippen LogP contribution in [0.5, 0.6) is 11.5 Å². The van der Waals surface area contributed by atoms with Gasteiger partial charge in [-0.2, -0.15) is 0 Å². The number of non-ortho nitro benzene ring substituents is 1. The second-order valence-corrected chi connectivity index (χ2v) is 6.52. The molecule has 0 heterocycles. The van der Waals surface area contributed by atoms with Crippen molar-refractivity contribution in [2.45, 2.75) is 6.92 Å². The molecule has 0 aliphatic carbocycles. The quantitative estimate of drug-likeness (QED) is 0.134. The van der Waals surface area contributed by atoms with Crippen molar-refractivity contribution in [3.05, 3.63) is 106 Å². The van der Waals surface area contributed by atoms with Crippen LogP contribution in [0.4, 0.5) is 5.69 Å². The highest BCUT2D eigenvalue weighted by Gasteiger charge is 2.17. The van der Waals surface area contributed by atoms with Crippen molar-refractivity contribution in [2.75, 3.05) is 0 Å². The van der Waals surface area contributed by atoms with Crippen LogP contribution in [0.15, 0.2) is 78.9 Å². The molecule has 0 aliphatic heterocycles. The zero-order valence-corrected chi connectivity index (χ0v) is 16.9. The second kappa shape index (κ2) is 9.94. The minimum absolute atomic E-state index is 0.0726. The molecule has 0 radical (unpaired) electrons. The molecule has 0 atom stereocenters. The van der Waals surface area contributed by atoms with Crippen molar-refractivity contribution in [3.8, 4) is 11.5 Å². The highest BCUT2D eigenvalue weighted by atomic mass is 16.6. The van der Waals surface area contributed by atoms with E-state index < -0.39 is 16.9 Å². The summed E-state index contributed by atoms with van der Waals surface area (Å²) in [5.41, 5.74) is 0.693. The number of carbonyl (C=O) groups is 3. The molecule has 0 saturated heterocycles. The van der Waals surface area contributed by atoms with Gasteiger partial charge in [0, 0.05) is 30.2 Å². The van der Waals surface area contributed by atoms with E-state index in [2.05, 4.69) is 0 Å². The van der Waals surface area contributed by atoms with E-state index in [1.165, 1.54) is 55.5 Å². The van der Waals surface area contributed by atoms with Crippen molar-refractivity contribution in [1.29, 1.82) is 0 Å². The summed E-state index contributed by atoms with van der Waals surface area (Å²) in [4.78, 5) is 46.5. The normalized spacial score (nSPS) is 10.5. The molecule has 0 spiro atoms. The fourth-order valence-corrected chi connectivity index (χ4v) is 2.75. The van der Waals surface area contributed by atoms with Gasteiger partial charge in [-0.3, -0.25) is 19.7 Å². The molecule has 0 bridgehead atoms. The van der Waals surface area contributed by atoms with Crippen molar-refractivity contribution in [1.82, 2.24) is 0 Å². The molecule has 0 saturated carbocycles. The van der Waals surface area contributed by atoms with Gasteiger partial charge in [0.25, 0.3) is 5.69 Å². The maximum Gasteiger partial charge on any atom is 0.347 e. The Kier molecular flexibility index (Phi) is 6.87. The number of hydrogen-bond acceptors (Lipinski definition) is 7. The molecule has 160 valence electrons. The molecule has 3 aromatic rings. The summed E-state index contributed by atoms with van der Waals surface area (Å²) in [6.07, 6.45) is 2.75. The first-order valence-corrected chi connectivity index (χ1v) is 9.40. The predicted octanol–water partition coefficient (Wildman–Crippen LogP) is 4.64. The smallest absolute Gasteiger partial charge is 0.347 e. The fraction of sp³-hybridized carbons (Fsp3) is 0.0417. The lowest BCUT2D eigenvalue weighted by Gasteiger charge is -2.10. The van der Waals surface area contributed by atoms with Gasteiger partial charge in [0.15, 0.2) is 5.78 Å². The van der Waals surface area contributed by atoms with E-state index >= 15 is 0 Å². The number of carbonyl (C=O) groups excluding carboxylic acids is 3. The number of benzene rings is 3. The summed E-state index contributed by atoms with van der Waals surface area (Å²) < 4.78 is 10.5. The third-order valence-electron chi connectivity index (χ3n) is 4.26. The zero-order chi connectivity index (χ0) is 23.1. The van der Waals surface area contributed by atoms with Crippen LogP contribution < -0.4 is 9.47 Å². The standard InChI is InChI=1S/C24H17NO7/c1-16(26)31-23-9-5-3-7-20(23)24(28)32-22-8-4-2-6-18(22)12-15-21(27)17-10-13-19(14-11-17)25(29)30/h2-15H,1H3/b15-12+. The number of nitro groups is 1. The summed E-state index contributed by atoms with van der Waals surface area (Å²) in [5.74, 6) is -1.40. The van der Waals surface area contributed by atoms with Crippen LogP contribution >= 0.6 is 0 Å². The number of rotatable bonds is 7. The Labute approximate surface area is 182 Å². The number of esters is 2. The lowest BCUT2D eigenvalue weighted by molar-refractivity contribution is -0.384. The Morgan fingerprint density at radius 2 is 1.47 bits per heavy atom. The molecule has 3 aromatic carbocycles. The van der Waals surface area contributed by atoms with E-state index in [1.807, 2.05) is 0 Å². The minimum Gasteiger partial charge on any atom is -0.426 e. The number of nitro benzene ring substituents is 1. The number of nitrogens with zero attached hydrogens (tertiary/aromatic N) is 1. The largest absolute Gasteiger partial charge is 0.426 e. The van der Waals surface area contributed by atoms with Gasteiger partial charge < -0.3 is 9.47 Å². The number of para-hydroxylation sites is 2. The summed E-state index contributed by atoms with van der Waals surface area (Å²) in [6, 6.07) is 18.0. The Morgan fingerprint density at radius 3 is 2.12 bits per heavy atom. The summed E-state index contributed by atoms with van der Waals surface area (Å²) >= 11 is 0. The fourth-order valence-electron chi connectivity index (χ4n) is 2.75. The molecule has 8 heteroatoms. The second-order valence-electron chi connectivity index (χ2n) is 6.52. The van der Waals surface area contributed by atoms with Gasteiger partial charge in [0.2, 0.25) is 0 Å². The Hall–Kier alpha value is -4.59. The first kappa shape index (κ1) is 22.1. The van der Waals surface area contributed by atoms with Crippen molar-refractivity contribution in [2.24, 2.45) is 0 Å². The van der Waals surface area contributed by atoms with E-state index in [9.17, 15) is 24.5 Å². The first-order chi connectivity index (χ1) is 15.3. The maximum absolute atomic E-state index is 12.7. The van der Waals surface area contributed by atoms with Gasteiger partial charge in [-0.1, -0.05) is 30.3 Å². The van der Waals surface area contributed by atoms with Gasteiger partial charge in [-0.15, -0.1) is 0 Å². The molecular weight excluding hydrogens is 414 g/mol. The van der Waals surface area contributed by atoms with Gasteiger partial charge in [-0.25, -0.2) is 4.79 Å². The monoisotopic (exact) mass is 431 g/mol. The van der Waals surface area contributed by atoms with E-state index in [-0.39, 0.29) is 34.1 Å². The van der Waals surface area contributed by atoms with E-state index in [1.54, 1.807) is 36.4 Å². The third-order valence-corrected chi connectivity index (χ3v) is 4.26. The molecule has 0 aliphatic rings. The van der Waals surface area contributed by atoms with Crippen molar-refractivity contribution >= 4 is 29.5 Å². The highest BCUT2D eigenvalue weighted by Crippen LogP contribution is 2.24. The number of ketones is 1. The van der Waals surface area contributed by atoms with Crippen molar-refractivity contribution < 1.29 is 28.8 Å². The SMILES string of the molecule is CC(=O)Oc1ccccc1C(=O)Oc1ccccc1/C=C/C(=O)c1ccc([N+](=O)[O-])cc1. The molecule has 0 fully saturated rings. The average Bonchev–Trinajstić information content (AvgIpc) is 2.78. The summed E-state index contributed by atoms with van der Waals surface area (Å²) in [7, 11) is 0. The van der Waals surface area contributed by atoms with E-state index in [0.717, 1.165) is 0 Å². The Morgan fingerprint density at radius 1 is 0.844 bits per heavy atom. The predicted molar refractivity (Wildman–Crippen MR) is 116 cm³/mol. The van der Waals surface area contributed by atoms with Gasteiger partial charge in [0.1, 0.15) is 17.1 Å². The first-order valence-electron chi connectivity index (χ1n) is 9.40. The Balaban J connectivity index is 1.79. The topological polar surface area (TPSA) is 113 Å². The number of allylic oxidation sites excluding steroid dienone is 1. The zero-order valence-electron chi connectivity index (χ0n) is 16.9. The summed E-state index contributed by atoms with van der Waals surface area (Å²) in [5, 5.41) is 10.7. The van der Waals surface area contributed by atoms with Crippen LogP contribution in [0.2, 0.25) is 0 Å². The average molecular weight is 431 g/mol. The minimum atomic E-state index is -0.732. The molecule has 32 heavy (non-hydrogen) atoms. The van der Waals surface area contributed by atoms with E-state index in [0.29, 0.717) is 5.56 Å². The molecule has 0 unspecified atom stereocenters. The van der Waals surface area contributed by atoms with E-state index in [4.69, 9.17) is 9.47 Å². The molecule has 0 amide bonds. The van der Waals surface area contributed by atoms with Gasteiger partial charge >= 0.3 is 11.9 Å². The lowest BCUT2D eigenvalue weighted by atomic mass is 10.1. The highest BCUT2D eigenvalue weighted by molar-refractivity contribution is 6.07. The van der Waals surface area contributed by atoms with Gasteiger partial charge in [0.05, 0.1) is 4.92 Å². The van der Waals surface area contributed by atoms with Crippen LogP contribution in [-0.2, 0) is 4.79 Å². The van der Waals surface area contributed by atoms with Crippen molar-refractivity contribution in [3.63, 3.8) is 0 Å². The van der Waals surface area contributed by atoms with Gasteiger partial charge in [-0.05, 0) is 42.5 Å². The van der Waals surface area contributed by atoms with Crippen LogP contribution in [0.1, 0.15) is 33.2 Å². The maximum atomic E-state index is 12.7.